The minimum atomic E-state index is 0.742. The molecule has 0 bridgehead atoms. The van der Waals surface area contributed by atoms with E-state index in [0.29, 0.717) is 0 Å². The van der Waals surface area contributed by atoms with Gasteiger partial charge in [-0.05, 0) is 24.3 Å². The van der Waals surface area contributed by atoms with Gasteiger partial charge in [-0.25, -0.2) is 15.0 Å². The van der Waals surface area contributed by atoms with Crippen molar-refractivity contribution in [3.05, 3.63) is 82.3 Å². The van der Waals surface area contributed by atoms with Gasteiger partial charge in [0.1, 0.15) is 5.01 Å². The van der Waals surface area contributed by atoms with Crippen molar-refractivity contribution in [3.8, 4) is 22.0 Å². The van der Waals surface area contributed by atoms with Crippen molar-refractivity contribution in [2.45, 2.75) is 19.5 Å². The Morgan fingerprint density at radius 3 is 2.72 bits per heavy atom. The number of pyridine rings is 1. The summed E-state index contributed by atoms with van der Waals surface area (Å²) in [5.74, 6) is 0.750. The second kappa shape index (κ2) is 7.99. The number of rotatable bonds is 4. The lowest BCUT2D eigenvalue weighted by Crippen LogP contribution is -2.30. The fourth-order valence-electron chi connectivity index (χ4n) is 3.47. The Bertz CT molecular complexity index is 1130. The smallest absolute Gasteiger partial charge is 0.160 e. The van der Waals surface area contributed by atoms with Crippen molar-refractivity contribution in [1.29, 1.82) is 0 Å². The Labute approximate surface area is 178 Å². The number of aromatic nitrogens is 4. The van der Waals surface area contributed by atoms with Gasteiger partial charge in [0.05, 0.1) is 5.69 Å². The Morgan fingerprint density at radius 2 is 1.90 bits per heavy atom. The molecule has 144 valence electrons. The lowest BCUT2D eigenvalue weighted by Gasteiger charge is -2.27. The molecule has 0 aliphatic carbocycles. The molecule has 5 nitrogen and oxygen atoms in total. The van der Waals surface area contributed by atoms with Gasteiger partial charge in [-0.2, -0.15) is 0 Å². The van der Waals surface area contributed by atoms with E-state index >= 15 is 0 Å². The maximum Gasteiger partial charge on any atom is 0.160 e. The summed E-state index contributed by atoms with van der Waals surface area (Å²) in [4.78, 5) is 21.8. The first kappa shape index (κ1) is 18.4. The number of nitrogens with zero attached hydrogens (tertiary/aromatic N) is 5. The molecule has 1 aromatic carbocycles. The molecule has 0 saturated carbocycles. The summed E-state index contributed by atoms with van der Waals surface area (Å²) in [6.07, 6.45) is 8.43. The topological polar surface area (TPSA) is 54.8 Å². The molecule has 0 fully saturated rings. The SMILES string of the molecule is Clc1ccc(-c2ncc(CN3CCc4nc(-c5cccnc5)ncc4C3)s2)cc1. The molecule has 3 aromatic heterocycles. The number of benzene rings is 1. The first-order chi connectivity index (χ1) is 14.2. The van der Waals surface area contributed by atoms with E-state index in [0.717, 1.165) is 58.7 Å². The van der Waals surface area contributed by atoms with Crippen LogP contribution in [0.15, 0.2) is 61.2 Å². The summed E-state index contributed by atoms with van der Waals surface area (Å²) >= 11 is 7.71. The van der Waals surface area contributed by atoms with Crippen LogP contribution in [0.5, 0.6) is 0 Å². The molecule has 0 spiro atoms. The van der Waals surface area contributed by atoms with Crippen molar-refractivity contribution >= 4 is 22.9 Å². The van der Waals surface area contributed by atoms with Crippen LogP contribution in [0.4, 0.5) is 0 Å². The summed E-state index contributed by atoms with van der Waals surface area (Å²) in [6.45, 7) is 2.72. The molecule has 1 aliphatic rings. The van der Waals surface area contributed by atoms with E-state index in [4.69, 9.17) is 16.6 Å². The predicted octanol–water partition coefficient (Wildman–Crippen LogP) is 4.87. The first-order valence-electron chi connectivity index (χ1n) is 9.43. The molecular weight excluding hydrogens is 402 g/mol. The fraction of sp³-hybridized carbons (Fsp3) is 0.182. The summed E-state index contributed by atoms with van der Waals surface area (Å²) in [5, 5.41) is 1.77. The third kappa shape index (κ3) is 4.05. The molecule has 1 aliphatic heterocycles. The summed E-state index contributed by atoms with van der Waals surface area (Å²) in [7, 11) is 0. The van der Waals surface area contributed by atoms with Crippen LogP contribution in [-0.4, -0.2) is 31.4 Å². The van der Waals surface area contributed by atoms with E-state index < -0.39 is 0 Å². The number of halogens is 1. The average molecular weight is 420 g/mol. The zero-order chi connectivity index (χ0) is 19.6. The molecule has 5 rings (SSSR count). The van der Waals surface area contributed by atoms with Gasteiger partial charge in [0.15, 0.2) is 5.82 Å². The second-order valence-electron chi connectivity index (χ2n) is 7.01. The van der Waals surface area contributed by atoms with E-state index in [9.17, 15) is 0 Å². The van der Waals surface area contributed by atoms with Crippen molar-refractivity contribution in [2.24, 2.45) is 0 Å². The maximum atomic E-state index is 5.98. The van der Waals surface area contributed by atoms with Gasteiger partial charge in [-0.15, -0.1) is 11.3 Å². The van der Waals surface area contributed by atoms with Crippen LogP contribution < -0.4 is 0 Å². The monoisotopic (exact) mass is 419 g/mol. The van der Waals surface area contributed by atoms with E-state index in [2.05, 4.69) is 19.9 Å². The van der Waals surface area contributed by atoms with Gasteiger partial charge in [0.25, 0.3) is 0 Å². The minimum absolute atomic E-state index is 0.742. The van der Waals surface area contributed by atoms with Crippen LogP contribution in [0.2, 0.25) is 5.02 Å². The quantitative estimate of drug-likeness (QED) is 0.472. The van der Waals surface area contributed by atoms with E-state index in [1.165, 1.54) is 10.4 Å². The van der Waals surface area contributed by atoms with Crippen LogP contribution in [0, 0.1) is 0 Å². The van der Waals surface area contributed by atoms with Crippen LogP contribution in [0.3, 0.4) is 0 Å². The number of hydrogen-bond donors (Lipinski definition) is 0. The highest BCUT2D eigenvalue weighted by Gasteiger charge is 2.20. The highest BCUT2D eigenvalue weighted by molar-refractivity contribution is 7.15. The Hall–Kier alpha value is -2.67. The van der Waals surface area contributed by atoms with Gasteiger partial charge in [-0.1, -0.05) is 23.7 Å². The largest absolute Gasteiger partial charge is 0.293 e. The molecular formula is C22H18ClN5S. The van der Waals surface area contributed by atoms with Crippen LogP contribution in [-0.2, 0) is 19.5 Å². The normalized spacial score (nSPS) is 14.0. The van der Waals surface area contributed by atoms with E-state index in [1.807, 2.05) is 48.8 Å². The standard InChI is InChI=1S/C22H18ClN5S/c23-18-5-3-15(4-6-18)22-26-12-19(29-22)14-28-9-7-20-17(13-28)11-25-21(27-20)16-2-1-8-24-10-16/h1-6,8,10-12H,7,9,13-14H2. The molecule has 0 saturated heterocycles. The molecule has 4 aromatic rings. The van der Waals surface area contributed by atoms with Crippen molar-refractivity contribution < 1.29 is 0 Å². The Kier molecular flexibility index (Phi) is 5.06. The first-order valence-corrected chi connectivity index (χ1v) is 10.6. The van der Waals surface area contributed by atoms with Gasteiger partial charge >= 0.3 is 0 Å². The minimum Gasteiger partial charge on any atom is -0.293 e. The van der Waals surface area contributed by atoms with Crippen LogP contribution >= 0.6 is 22.9 Å². The van der Waals surface area contributed by atoms with Gasteiger partial charge in [0.2, 0.25) is 0 Å². The average Bonchev–Trinajstić information content (AvgIpc) is 3.23. The van der Waals surface area contributed by atoms with E-state index in [-0.39, 0.29) is 0 Å². The van der Waals surface area contributed by atoms with Crippen LogP contribution in [0.1, 0.15) is 16.1 Å². The highest BCUT2D eigenvalue weighted by Crippen LogP contribution is 2.28. The molecule has 29 heavy (non-hydrogen) atoms. The molecule has 0 radical (unpaired) electrons. The fourth-order valence-corrected chi connectivity index (χ4v) is 4.56. The number of fused-ring (bicyclic) bond motifs is 1. The van der Waals surface area contributed by atoms with Crippen LogP contribution in [0.25, 0.3) is 22.0 Å². The Balaban J connectivity index is 1.29. The summed E-state index contributed by atoms with van der Waals surface area (Å²) < 4.78 is 0. The summed E-state index contributed by atoms with van der Waals surface area (Å²) in [5.41, 5.74) is 4.40. The lowest BCUT2D eigenvalue weighted by molar-refractivity contribution is 0.245. The van der Waals surface area contributed by atoms with Crippen molar-refractivity contribution in [3.63, 3.8) is 0 Å². The predicted molar refractivity (Wildman–Crippen MR) is 116 cm³/mol. The number of thiazole rings is 1. The van der Waals surface area contributed by atoms with Gasteiger partial charge < -0.3 is 0 Å². The third-order valence-corrected chi connectivity index (χ3v) is 6.24. The Morgan fingerprint density at radius 1 is 1.00 bits per heavy atom. The molecule has 0 N–H and O–H groups in total. The molecule has 4 heterocycles. The van der Waals surface area contributed by atoms with Gasteiger partial charge in [0, 0.05) is 77.4 Å². The second-order valence-corrected chi connectivity index (χ2v) is 8.56. The molecule has 0 amide bonds. The van der Waals surface area contributed by atoms with E-state index in [1.54, 1.807) is 23.7 Å². The van der Waals surface area contributed by atoms with Crippen molar-refractivity contribution in [2.75, 3.05) is 6.54 Å². The zero-order valence-corrected chi connectivity index (χ0v) is 17.2. The summed E-state index contributed by atoms with van der Waals surface area (Å²) in [6, 6.07) is 11.7. The molecule has 7 heteroatoms. The van der Waals surface area contributed by atoms with Crippen molar-refractivity contribution in [1.82, 2.24) is 24.8 Å². The molecule has 0 atom stereocenters. The zero-order valence-electron chi connectivity index (χ0n) is 15.6. The lowest BCUT2D eigenvalue weighted by atomic mass is 10.1. The third-order valence-electron chi connectivity index (χ3n) is 4.96. The molecule has 0 unspecified atom stereocenters. The number of hydrogen-bond acceptors (Lipinski definition) is 6. The maximum absolute atomic E-state index is 5.98. The van der Waals surface area contributed by atoms with Gasteiger partial charge in [-0.3, -0.25) is 9.88 Å². The highest BCUT2D eigenvalue weighted by atomic mass is 35.5.